The van der Waals surface area contributed by atoms with E-state index in [1.165, 1.54) is 0 Å². The van der Waals surface area contributed by atoms with Crippen LogP contribution in [0, 0.1) is 0 Å². The second-order valence-corrected chi connectivity index (χ2v) is 6.56. The standard InChI is InChI=1S/C16H25N3O2/c1-16(2,19(3)4)10-17-14-12(15(20)21)9-11-7-5-6-8-13(11)18-14/h9H,5-8,10H2,1-4H3,(H,17,18)(H,20,21). The van der Waals surface area contributed by atoms with Gasteiger partial charge in [-0.25, -0.2) is 9.78 Å². The fraction of sp³-hybridized carbons (Fsp3) is 0.625. The van der Waals surface area contributed by atoms with Crippen molar-refractivity contribution in [2.45, 2.75) is 45.1 Å². The first-order valence-corrected chi connectivity index (χ1v) is 7.48. The zero-order valence-electron chi connectivity index (χ0n) is 13.4. The van der Waals surface area contributed by atoms with E-state index in [2.05, 4.69) is 29.0 Å². The number of likely N-dealkylation sites (N-methyl/N-ethyl adjacent to an activating group) is 1. The average Bonchev–Trinajstić information content (AvgIpc) is 2.43. The molecule has 2 N–H and O–H groups in total. The maximum Gasteiger partial charge on any atom is 0.339 e. The van der Waals surface area contributed by atoms with Crippen LogP contribution in [-0.4, -0.2) is 47.1 Å². The third-order valence-electron chi connectivity index (χ3n) is 4.43. The molecule has 0 aliphatic heterocycles. The van der Waals surface area contributed by atoms with E-state index >= 15 is 0 Å². The number of carboxylic acids is 1. The summed E-state index contributed by atoms with van der Waals surface area (Å²) >= 11 is 0. The maximum absolute atomic E-state index is 11.5. The van der Waals surface area contributed by atoms with E-state index in [1.54, 1.807) is 6.07 Å². The van der Waals surface area contributed by atoms with Crippen molar-refractivity contribution < 1.29 is 9.90 Å². The van der Waals surface area contributed by atoms with Gasteiger partial charge in [-0.1, -0.05) is 0 Å². The number of aromatic nitrogens is 1. The molecule has 5 nitrogen and oxygen atoms in total. The SMILES string of the molecule is CN(C)C(C)(C)CNc1nc2c(cc1C(=O)O)CCCC2. The number of fused-ring (bicyclic) bond motifs is 1. The lowest BCUT2D eigenvalue weighted by molar-refractivity contribution is 0.0697. The molecule has 0 fully saturated rings. The van der Waals surface area contributed by atoms with Crippen LogP contribution in [0.1, 0.15) is 48.3 Å². The van der Waals surface area contributed by atoms with Gasteiger partial charge >= 0.3 is 5.97 Å². The number of aryl methyl sites for hydroxylation is 2. The Kier molecular flexibility index (Phi) is 4.52. The van der Waals surface area contributed by atoms with Gasteiger partial charge in [0.1, 0.15) is 11.4 Å². The first-order valence-electron chi connectivity index (χ1n) is 7.48. The fourth-order valence-electron chi connectivity index (χ4n) is 2.39. The molecule has 1 aliphatic rings. The minimum Gasteiger partial charge on any atom is -0.478 e. The topological polar surface area (TPSA) is 65.5 Å². The molecule has 0 unspecified atom stereocenters. The molecule has 1 heterocycles. The third kappa shape index (κ3) is 3.53. The average molecular weight is 291 g/mol. The van der Waals surface area contributed by atoms with Crippen molar-refractivity contribution in [1.29, 1.82) is 0 Å². The molecular formula is C16H25N3O2. The summed E-state index contributed by atoms with van der Waals surface area (Å²) < 4.78 is 0. The number of nitrogens with one attached hydrogen (secondary N) is 1. The van der Waals surface area contributed by atoms with Crippen LogP contribution in [-0.2, 0) is 12.8 Å². The lowest BCUT2D eigenvalue weighted by atomic mass is 9.94. The van der Waals surface area contributed by atoms with Crippen LogP contribution in [0.2, 0.25) is 0 Å². The Morgan fingerprint density at radius 2 is 2.05 bits per heavy atom. The summed E-state index contributed by atoms with van der Waals surface area (Å²) in [5, 5.41) is 12.6. The van der Waals surface area contributed by atoms with Crippen molar-refractivity contribution in [3.63, 3.8) is 0 Å². The van der Waals surface area contributed by atoms with Crippen LogP contribution >= 0.6 is 0 Å². The summed E-state index contributed by atoms with van der Waals surface area (Å²) in [4.78, 5) is 18.2. The molecule has 0 saturated heterocycles. The molecule has 1 aromatic heterocycles. The molecule has 0 bridgehead atoms. The summed E-state index contributed by atoms with van der Waals surface area (Å²) in [6.45, 7) is 4.86. The molecule has 116 valence electrons. The Bertz CT molecular complexity index is 539. The molecule has 0 amide bonds. The monoisotopic (exact) mass is 291 g/mol. The highest BCUT2D eigenvalue weighted by molar-refractivity contribution is 5.93. The Morgan fingerprint density at radius 3 is 2.67 bits per heavy atom. The van der Waals surface area contributed by atoms with Gasteiger partial charge < -0.3 is 15.3 Å². The van der Waals surface area contributed by atoms with Crippen molar-refractivity contribution in [2.75, 3.05) is 26.0 Å². The number of hydrogen-bond acceptors (Lipinski definition) is 4. The first kappa shape index (κ1) is 15.8. The fourth-order valence-corrected chi connectivity index (χ4v) is 2.39. The van der Waals surface area contributed by atoms with Crippen molar-refractivity contribution >= 4 is 11.8 Å². The van der Waals surface area contributed by atoms with Crippen LogP contribution in [0.25, 0.3) is 0 Å². The lowest BCUT2D eigenvalue weighted by Gasteiger charge is -2.33. The minimum atomic E-state index is -0.916. The predicted molar refractivity (Wildman–Crippen MR) is 84.1 cm³/mol. The van der Waals surface area contributed by atoms with Gasteiger partial charge in [0.25, 0.3) is 0 Å². The molecule has 5 heteroatoms. The van der Waals surface area contributed by atoms with Crippen LogP contribution in [0.5, 0.6) is 0 Å². The number of rotatable bonds is 5. The molecule has 2 rings (SSSR count). The number of carbonyl (C=O) groups is 1. The second-order valence-electron chi connectivity index (χ2n) is 6.56. The van der Waals surface area contributed by atoms with E-state index in [-0.39, 0.29) is 11.1 Å². The Balaban J connectivity index is 2.27. The first-order chi connectivity index (χ1) is 9.81. The van der Waals surface area contributed by atoms with Crippen LogP contribution < -0.4 is 5.32 Å². The number of anilines is 1. The van der Waals surface area contributed by atoms with Crippen LogP contribution in [0.4, 0.5) is 5.82 Å². The van der Waals surface area contributed by atoms with Crippen LogP contribution in [0.3, 0.4) is 0 Å². The Labute approximate surface area is 126 Å². The van der Waals surface area contributed by atoms with Gasteiger partial charge in [0, 0.05) is 17.8 Å². The van der Waals surface area contributed by atoms with Crippen molar-refractivity contribution in [2.24, 2.45) is 0 Å². The number of carboxylic acid groups (broad SMARTS) is 1. The quantitative estimate of drug-likeness (QED) is 0.872. The molecule has 21 heavy (non-hydrogen) atoms. The van der Waals surface area contributed by atoms with Crippen LogP contribution in [0.15, 0.2) is 6.07 Å². The highest BCUT2D eigenvalue weighted by Gasteiger charge is 2.23. The second kappa shape index (κ2) is 6.02. The van der Waals surface area contributed by atoms with Gasteiger partial charge in [0.2, 0.25) is 0 Å². The number of pyridine rings is 1. The number of aromatic carboxylic acids is 1. The molecule has 0 aromatic carbocycles. The normalized spacial score (nSPS) is 14.9. The Morgan fingerprint density at radius 1 is 1.38 bits per heavy atom. The molecular weight excluding hydrogens is 266 g/mol. The zero-order valence-corrected chi connectivity index (χ0v) is 13.4. The van der Waals surface area contributed by atoms with Gasteiger partial charge in [-0.2, -0.15) is 0 Å². The summed E-state index contributed by atoms with van der Waals surface area (Å²) in [5.74, 6) is -0.417. The molecule has 0 atom stereocenters. The van der Waals surface area contributed by atoms with E-state index in [4.69, 9.17) is 0 Å². The third-order valence-corrected chi connectivity index (χ3v) is 4.43. The van der Waals surface area contributed by atoms with E-state index in [1.807, 2.05) is 14.1 Å². The summed E-state index contributed by atoms with van der Waals surface area (Å²) in [7, 11) is 4.03. The summed E-state index contributed by atoms with van der Waals surface area (Å²) in [6.07, 6.45) is 4.14. The number of nitrogens with zero attached hydrogens (tertiary/aromatic N) is 2. The lowest BCUT2D eigenvalue weighted by Crippen LogP contribution is -2.44. The predicted octanol–water partition coefficient (Wildman–Crippen LogP) is 2.41. The van der Waals surface area contributed by atoms with E-state index < -0.39 is 5.97 Å². The molecule has 1 aromatic rings. The maximum atomic E-state index is 11.5. The van der Waals surface area contributed by atoms with Gasteiger partial charge in [-0.15, -0.1) is 0 Å². The molecule has 0 saturated carbocycles. The minimum absolute atomic E-state index is 0.0760. The molecule has 0 spiro atoms. The Hall–Kier alpha value is -1.62. The highest BCUT2D eigenvalue weighted by Crippen LogP contribution is 2.25. The van der Waals surface area contributed by atoms with Crippen molar-refractivity contribution in [1.82, 2.24) is 9.88 Å². The highest BCUT2D eigenvalue weighted by atomic mass is 16.4. The molecule has 1 aliphatic carbocycles. The number of hydrogen-bond donors (Lipinski definition) is 2. The summed E-state index contributed by atoms with van der Waals surface area (Å²) in [6, 6.07) is 1.80. The summed E-state index contributed by atoms with van der Waals surface area (Å²) in [5.41, 5.74) is 2.35. The van der Waals surface area contributed by atoms with E-state index in [9.17, 15) is 9.90 Å². The van der Waals surface area contributed by atoms with Gasteiger partial charge in [-0.3, -0.25) is 0 Å². The smallest absolute Gasteiger partial charge is 0.339 e. The van der Waals surface area contributed by atoms with E-state index in [0.717, 1.165) is 36.9 Å². The van der Waals surface area contributed by atoms with Crippen molar-refractivity contribution in [3.8, 4) is 0 Å². The van der Waals surface area contributed by atoms with Crippen molar-refractivity contribution in [3.05, 3.63) is 22.9 Å². The van der Waals surface area contributed by atoms with Gasteiger partial charge in [0.15, 0.2) is 0 Å². The van der Waals surface area contributed by atoms with Gasteiger partial charge in [-0.05, 0) is 65.3 Å². The van der Waals surface area contributed by atoms with E-state index in [0.29, 0.717) is 12.4 Å². The molecule has 0 radical (unpaired) electrons. The zero-order chi connectivity index (χ0) is 15.6. The van der Waals surface area contributed by atoms with Gasteiger partial charge in [0.05, 0.1) is 0 Å². The largest absolute Gasteiger partial charge is 0.478 e.